The van der Waals surface area contributed by atoms with Gasteiger partial charge in [-0.3, -0.25) is 4.99 Å². The van der Waals surface area contributed by atoms with E-state index >= 15 is 0 Å². The van der Waals surface area contributed by atoms with Gasteiger partial charge in [0.1, 0.15) is 0 Å². The molecule has 0 fully saturated rings. The highest BCUT2D eigenvalue weighted by molar-refractivity contribution is 14.0. The SMILES string of the molecule is C=CCNC(=NC)NCCNS(=O)(=O)c1ccc(C)cc1.I. The molecule has 8 heteroatoms. The highest BCUT2D eigenvalue weighted by atomic mass is 127. The summed E-state index contributed by atoms with van der Waals surface area (Å²) in [7, 11) is -1.82. The highest BCUT2D eigenvalue weighted by Gasteiger charge is 2.12. The van der Waals surface area contributed by atoms with Gasteiger partial charge in [-0.25, -0.2) is 13.1 Å². The molecule has 22 heavy (non-hydrogen) atoms. The van der Waals surface area contributed by atoms with Crippen LogP contribution in [0.2, 0.25) is 0 Å². The van der Waals surface area contributed by atoms with Gasteiger partial charge in [0.05, 0.1) is 4.90 Å². The van der Waals surface area contributed by atoms with Crippen molar-refractivity contribution in [3.05, 3.63) is 42.5 Å². The van der Waals surface area contributed by atoms with Crippen LogP contribution in [-0.4, -0.2) is 41.1 Å². The molecule has 0 aliphatic heterocycles. The molecular weight excluding hydrogens is 415 g/mol. The number of sulfonamides is 1. The number of hydrogen-bond acceptors (Lipinski definition) is 3. The minimum atomic E-state index is -3.47. The standard InChI is InChI=1S/C14H22N4O2S.HI/c1-4-9-16-14(15-3)17-10-11-18-21(19,20)13-7-5-12(2)6-8-13;/h4-8,18H,1,9-11H2,2-3H3,(H2,15,16,17);1H. The third kappa shape index (κ3) is 7.23. The van der Waals surface area contributed by atoms with E-state index < -0.39 is 10.0 Å². The molecule has 0 bridgehead atoms. The molecule has 0 spiro atoms. The van der Waals surface area contributed by atoms with Gasteiger partial charge in [-0.15, -0.1) is 30.6 Å². The second kappa shape index (κ2) is 10.6. The summed E-state index contributed by atoms with van der Waals surface area (Å²) in [4.78, 5) is 4.26. The van der Waals surface area contributed by atoms with Crippen LogP contribution < -0.4 is 15.4 Å². The predicted octanol–water partition coefficient (Wildman–Crippen LogP) is 1.24. The van der Waals surface area contributed by atoms with E-state index in [2.05, 4.69) is 26.9 Å². The number of nitrogens with one attached hydrogen (secondary N) is 3. The Morgan fingerprint density at radius 3 is 2.41 bits per heavy atom. The van der Waals surface area contributed by atoms with Crippen molar-refractivity contribution >= 4 is 40.0 Å². The molecule has 3 N–H and O–H groups in total. The number of nitrogens with zero attached hydrogens (tertiary/aromatic N) is 1. The van der Waals surface area contributed by atoms with Gasteiger partial charge in [0.2, 0.25) is 10.0 Å². The molecule has 1 aromatic carbocycles. The van der Waals surface area contributed by atoms with Crippen molar-refractivity contribution < 1.29 is 8.42 Å². The fraction of sp³-hybridized carbons (Fsp3) is 0.357. The minimum absolute atomic E-state index is 0. The number of halogens is 1. The number of rotatable bonds is 7. The maximum atomic E-state index is 12.0. The number of aliphatic imine (C=N–C) groups is 1. The first-order chi connectivity index (χ1) is 9.99. The van der Waals surface area contributed by atoms with Gasteiger partial charge < -0.3 is 10.6 Å². The zero-order valence-electron chi connectivity index (χ0n) is 12.8. The molecule has 0 saturated heterocycles. The van der Waals surface area contributed by atoms with E-state index in [1.54, 1.807) is 37.4 Å². The summed E-state index contributed by atoms with van der Waals surface area (Å²) in [5.41, 5.74) is 1.02. The van der Waals surface area contributed by atoms with E-state index in [0.717, 1.165) is 5.56 Å². The van der Waals surface area contributed by atoms with Gasteiger partial charge in [0.25, 0.3) is 0 Å². The summed E-state index contributed by atoms with van der Waals surface area (Å²) in [5.74, 6) is 0.601. The average Bonchev–Trinajstić information content (AvgIpc) is 2.47. The van der Waals surface area contributed by atoms with Crippen molar-refractivity contribution in [1.82, 2.24) is 15.4 Å². The first kappa shape index (κ1) is 20.9. The van der Waals surface area contributed by atoms with Crippen molar-refractivity contribution in [2.45, 2.75) is 11.8 Å². The third-order valence-electron chi connectivity index (χ3n) is 2.68. The van der Waals surface area contributed by atoms with Crippen LogP contribution in [0.4, 0.5) is 0 Å². The smallest absolute Gasteiger partial charge is 0.240 e. The Labute approximate surface area is 149 Å². The first-order valence-corrected chi connectivity index (χ1v) is 8.09. The average molecular weight is 438 g/mol. The molecule has 0 amide bonds. The molecule has 0 aliphatic carbocycles. The number of aryl methyl sites for hydroxylation is 1. The van der Waals surface area contributed by atoms with Crippen molar-refractivity contribution in [1.29, 1.82) is 0 Å². The molecule has 0 aliphatic rings. The molecule has 124 valence electrons. The van der Waals surface area contributed by atoms with Gasteiger partial charge >= 0.3 is 0 Å². The molecule has 0 aromatic heterocycles. The Morgan fingerprint density at radius 1 is 1.23 bits per heavy atom. The maximum Gasteiger partial charge on any atom is 0.240 e. The van der Waals surface area contributed by atoms with E-state index in [-0.39, 0.29) is 35.4 Å². The fourth-order valence-electron chi connectivity index (χ4n) is 1.56. The molecule has 0 heterocycles. The lowest BCUT2D eigenvalue weighted by Gasteiger charge is -2.11. The van der Waals surface area contributed by atoms with E-state index in [4.69, 9.17) is 0 Å². The fourth-order valence-corrected chi connectivity index (χ4v) is 2.59. The Hall–Kier alpha value is -1.13. The largest absolute Gasteiger partial charge is 0.355 e. The first-order valence-electron chi connectivity index (χ1n) is 6.61. The Balaban J connectivity index is 0.00000441. The molecule has 0 saturated carbocycles. The summed E-state index contributed by atoms with van der Waals surface area (Å²) >= 11 is 0. The second-order valence-electron chi connectivity index (χ2n) is 4.38. The number of benzene rings is 1. The van der Waals surface area contributed by atoms with Crippen LogP contribution in [0.25, 0.3) is 0 Å². The van der Waals surface area contributed by atoms with E-state index in [9.17, 15) is 8.42 Å². The normalized spacial score (nSPS) is 11.5. The quantitative estimate of drug-likeness (QED) is 0.197. The van der Waals surface area contributed by atoms with Gasteiger partial charge in [0.15, 0.2) is 5.96 Å². The summed E-state index contributed by atoms with van der Waals surface area (Å²) in [6, 6.07) is 6.73. The zero-order chi connectivity index (χ0) is 15.7. The lowest BCUT2D eigenvalue weighted by Crippen LogP contribution is -2.41. The van der Waals surface area contributed by atoms with Gasteiger partial charge in [-0.05, 0) is 19.1 Å². The van der Waals surface area contributed by atoms with Crippen LogP contribution in [0.1, 0.15) is 5.56 Å². The summed E-state index contributed by atoms with van der Waals surface area (Å²) < 4.78 is 26.6. The molecule has 1 rings (SSSR count). The molecule has 0 unspecified atom stereocenters. The Kier molecular flexibility index (Phi) is 10.0. The minimum Gasteiger partial charge on any atom is -0.355 e. The van der Waals surface area contributed by atoms with E-state index in [1.807, 2.05) is 6.92 Å². The summed E-state index contributed by atoms with van der Waals surface area (Å²) in [5, 5.41) is 6.00. The summed E-state index contributed by atoms with van der Waals surface area (Å²) in [6.45, 7) is 6.80. The second-order valence-corrected chi connectivity index (χ2v) is 6.15. The van der Waals surface area contributed by atoms with Crippen LogP contribution in [0.15, 0.2) is 46.8 Å². The number of guanidine groups is 1. The molecule has 6 nitrogen and oxygen atoms in total. The predicted molar refractivity (Wildman–Crippen MR) is 101 cm³/mol. The van der Waals surface area contributed by atoms with Gasteiger partial charge in [-0.2, -0.15) is 0 Å². The maximum absolute atomic E-state index is 12.0. The van der Waals surface area contributed by atoms with Crippen LogP contribution in [0.3, 0.4) is 0 Å². The zero-order valence-corrected chi connectivity index (χ0v) is 15.9. The molecule has 0 radical (unpaired) electrons. The highest BCUT2D eigenvalue weighted by Crippen LogP contribution is 2.09. The number of hydrogen-bond donors (Lipinski definition) is 3. The third-order valence-corrected chi connectivity index (χ3v) is 4.16. The molecular formula is C14H23IN4O2S. The van der Waals surface area contributed by atoms with Gasteiger partial charge in [-0.1, -0.05) is 23.8 Å². The lowest BCUT2D eigenvalue weighted by molar-refractivity contribution is 0.580. The lowest BCUT2D eigenvalue weighted by atomic mass is 10.2. The van der Waals surface area contributed by atoms with E-state index in [0.29, 0.717) is 19.0 Å². The topological polar surface area (TPSA) is 82.6 Å². The van der Waals surface area contributed by atoms with Crippen LogP contribution in [0, 0.1) is 6.92 Å². The molecule has 0 atom stereocenters. The Morgan fingerprint density at radius 2 is 1.86 bits per heavy atom. The van der Waals surface area contributed by atoms with Crippen molar-refractivity contribution in [2.75, 3.05) is 26.7 Å². The van der Waals surface area contributed by atoms with Crippen LogP contribution >= 0.6 is 24.0 Å². The van der Waals surface area contributed by atoms with Crippen LogP contribution in [-0.2, 0) is 10.0 Å². The van der Waals surface area contributed by atoms with E-state index in [1.165, 1.54) is 0 Å². The molecule has 1 aromatic rings. The Bertz CT molecular complexity index is 585. The van der Waals surface area contributed by atoms with Crippen LogP contribution in [0.5, 0.6) is 0 Å². The van der Waals surface area contributed by atoms with Crippen molar-refractivity contribution in [3.63, 3.8) is 0 Å². The van der Waals surface area contributed by atoms with Crippen molar-refractivity contribution in [2.24, 2.45) is 4.99 Å². The van der Waals surface area contributed by atoms with Gasteiger partial charge in [0, 0.05) is 26.7 Å². The summed E-state index contributed by atoms with van der Waals surface area (Å²) in [6.07, 6.45) is 1.72. The monoisotopic (exact) mass is 438 g/mol. The van der Waals surface area contributed by atoms with Crippen molar-refractivity contribution in [3.8, 4) is 0 Å².